The molecule has 0 bridgehead atoms. The Morgan fingerprint density at radius 1 is 0.818 bits per heavy atom. The minimum atomic E-state index is -0.187. The average molecular weight is 314 g/mol. The van der Waals surface area contributed by atoms with Crippen LogP contribution in [-0.4, -0.2) is 5.71 Å². The van der Waals surface area contributed by atoms with Crippen LogP contribution < -0.4 is 0 Å². The number of benzene rings is 2. The van der Waals surface area contributed by atoms with Crippen LogP contribution in [0.2, 0.25) is 5.02 Å². The van der Waals surface area contributed by atoms with E-state index in [1.165, 1.54) is 25.0 Å². The van der Waals surface area contributed by atoms with E-state index in [1.807, 2.05) is 42.5 Å². The quantitative estimate of drug-likeness (QED) is 0.657. The van der Waals surface area contributed by atoms with Gasteiger partial charge in [0.15, 0.2) is 6.10 Å². The average Bonchev–Trinajstić information content (AvgIpc) is 2.58. The Morgan fingerprint density at radius 3 is 2.14 bits per heavy atom. The molecular formula is C19H20ClNO. The Morgan fingerprint density at radius 2 is 1.45 bits per heavy atom. The van der Waals surface area contributed by atoms with E-state index in [0.717, 1.165) is 29.0 Å². The lowest BCUT2D eigenvalue weighted by atomic mass is 9.99. The lowest BCUT2D eigenvalue weighted by Gasteiger charge is -2.18. The number of hydrogen-bond acceptors (Lipinski definition) is 2. The molecule has 0 aliphatic heterocycles. The largest absolute Gasteiger partial charge is 0.383 e. The van der Waals surface area contributed by atoms with Gasteiger partial charge in [-0.2, -0.15) is 0 Å². The van der Waals surface area contributed by atoms with Crippen molar-refractivity contribution in [3.05, 3.63) is 70.7 Å². The third kappa shape index (κ3) is 3.89. The summed E-state index contributed by atoms with van der Waals surface area (Å²) in [5.41, 5.74) is 3.35. The molecule has 1 saturated carbocycles. The summed E-state index contributed by atoms with van der Waals surface area (Å²) in [5.74, 6) is 0. The second-order valence-corrected chi connectivity index (χ2v) is 6.10. The van der Waals surface area contributed by atoms with Crippen molar-refractivity contribution in [2.45, 2.75) is 38.2 Å². The summed E-state index contributed by atoms with van der Waals surface area (Å²) in [4.78, 5) is 5.94. The molecule has 0 heterocycles. The van der Waals surface area contributed by atoms with Crippen LogP contribution in [0.4, 0.5) is 0 Å². The molecule has 0 saturated heterocycles. The third-order valence-electron chi connectivity index (χ3n) is 3.99. The minimum absolute atomic E-state index is 0.187. The molecule has 3 heteroatoms. The van der Waals surface area contributed by atoms with Crippen LogP contribution in [0.1, 0.15) is 49.3 Å². The van der Waals surface area contributed by atoms with Gasteiger partial charge in [0, 0.05) is 5.02 Å². The Hall–Kier alpha value is -1.80. The molecule has 3 rings (SSSR count). The molecule has 0 amide bonds. The first-order chi connectivity index (χ1) is 10.8. The summed E-state index contributed by atoms with van der Waals surface area (Å²) in [6.45, 7) is 0. The maximum atomic E-state index is 5.99. The fraction of sp³-hybridized carbons (Fsp3) is 0.316. The van der Waals surface area contributed by atoms with Gasteiger partial charge in [-0.1, -0.05) is 65.6 Å². The Labute approximate surface area is 136 Å². The van der Waals surface area contributed by atoms with Crippen LogP contribution in [0.15, 0.2) is 59.8 Å². The van der Waals surface area contributed by atoms with Gasteiger partial charge in [-0.15, -0.1) is 0 Å². The Balaban J connectivity index is 1.84. The van der Waals surface area contributed by atoms with Gasteiger partial charge in [0.1, 0.15) is 0 Å². The fourth-order valence-corrected chi connectivity index (χ4v) is 2.88. The summed E-state index contributed by atoms with van der Waals surface area (Å²) < 4.78 is 0. The highest BCUT2D eigenvalue weighted by Gasteiger charge is 2.16. The van der Waals surface area contributed by atoms with E-state index < -0.39 is 0 Å². The van der Waals surface area contributed by atoms with Gasteiger partial charge in [0.2, 0.25) is 0 Å². The summed E-state index contributed by atoms with van der Waals surface area (Å²) in [5, 5.41) is 5.17. The van der Waals surface area contributed by atoms with Gasteiger partial charge >= 0.3 is 0 Å². The van der Waals surface area contributed by atoms with E-state index in [4.69, 9.17) is 16.4 Å². The van der Waals surface area contributed by atoms with Gasteiger partial charge < -0.3 is 4.84 Å². The zero-order valence-corrected chi connectivity index (χ0v) is 13.3. The van der Waals surface area contributed by atoms with Crippen molar-refractivity contribution in [3.8, 4) is 0 Å². The molecular weight excluding hydrogens is 294 g/mol. The second-order valence-electron chi connectivity index (χ2n) is 5.67. The lowest BCUT2D eigenvalue weighted by molar-refractivity contribution is 0.0859. The first kappa shape index (κ1) is 15.1. The van der Waals surface area contributed by atoms with Crippen molar-refractivity contribution in [3.63, 3.8) is 0 Å². The molecule has 2 aromatic carbocycles. The Bertz CT molecular complexity index is 614. The molecule has 1 atom stereocenters. The Kier molecular flexibility index (Phi) is 5.12. The molecule has 0 radical (unpaired) electrons. The summed E-state index contributed by atoms with van der Waals surface area (Å²) in [7, 11) is 0. The minimum Gasteiger partial charge on any atom is -0.383 e. The van der Waals surface area contributed by atoms with Crippen molar-refractivity contribution >= 4 is 17.3 Å². The maximum absolute atomic E-state index is 5.99. The SMILES string of the molecule is Clc1ccc(C(ON=C2CCCCC2)c2ccccc2)cc1. The van der Waals surface area contributed by atoms with E-state index in [0.29, 0.717) is 0 Å². The van der Waals surface area contributed by atoms with Crippen LogP contribution in [0.25, 0.3) is 0 Å². The first-order valence-corrected chi connectivity index (χ1v) is 8.23. The fourth-order valence-electron chi connectivity index (χ4n) is 2.76. The van der Waals surface area contributed by atoms with E-state index in [9.17, 15) is 0 Å². The van der Waals surface area contributed by atoms with Crippen LogP contribution in [0, 0.1) is 0 Å². The zero-order valence-electron chi connectivity index (χ0n) is 12.5. The summed E-state index contributed by atoms with van der Waals surface area (Å²) >= 11 is 5.99. The van der Waals surface area contributed by atoms with Crippen LogP contribution >= 0.6 is 11.6 Å². The molecule has 1 unspecified atom stereocenters. The van der Waals surface area contributed by atoms with Crippen molar-refractivity contribution in [1.29, 1.82) is 0 Å². The molecule has 2 aromatic rings. The van der Waals surface area contributed by atoms with Crippen molar-refractivity contribution in [1.82, 2.24) is 0 Å². The highest BCUT2D eigenvalue weighted by molar-refractivity contribution is 6.30. The van der Waals surface area contributed by atoms with Crippen LogP contribution in [-0.2, 0) is 4.84 Å². The van der Waals surface area contributed by atoms with Gasteiger partial charge in [-0.3, -0.25) is 0 Å². The highest BCUT2D eigenvalue weighted by Crippen LogP contribution is 2.28. The maximum Gasteiger partial charge on any atom is 0.177 e. The van der Waals surface area contributed by atoms with Gasteiger partial charge in [0.05, 0.1) is 5.71 Å². The highest BCUT2D eigenvalue weighted by atomic mass is 35.5. The molecule has 1 aliphatic rings. The van der Waals surface area contributed by atoms with Crippen LogP contribution in [0.5, 0.6) is 0 Å². The number of halogens is 1. The predicted molar refractivity (Wildman–Crippen MR) is 91.3 cm³/mol. The number of hydrogen-bond donors (Lipinski definition) is 0. The van der Waals surface area contributed by atoms with Gasteiger partial charge in [-0.25, -0.2) is 0 Å². The number of oxime groups is 1. The molecule has 2 nitrogen and oxygen atoms in total. The molecule has 114 valence electrons. The standard InChI is InChI=1S/C19H20ClNO/c20-17-13-11-16(12-14-17)19(15-7-3-1-4-8-15)22-21-18-9-5-2-6-10-18/h1,3-4,7-8,11-14,19H,2,5-6,9-10H2. The van der Waals surface area contributed by atoms with Crippen LogP contribution in [0.3, 0.4) is 0 Å². The molecule has 1 fully saturated rings. The van der Waals surface area contributed by atoms with Crippen molar-refractivity contribution in [2.75, 3.05) is 0 Å². The number of nitrogens with zero attached hydrogens (tertiary/aromatic N) is 1. The molecule has 0 aromatic heterocycles. The third-order valence-corrected chi connectivity index (χ3v) is 4.24. The molecule has 0 N–H and O–H groups in total. The molecule has 0 spiro atoms. The smallest absolute Gasteiger partial charge is 0.177 e. The zero-order chi connectivity index (χ0) is 15.2. The molecule has 22 heavy (non-hydrogen) atoms. The topological polar surface area (TPSA) is 21.6 Å². The van der Waals surface area contributed by atoms with E-state index >= 15 is 0 Å². The normalized spacial score (nSPS) is 16.1. The number of rotatable bonds is 4. The van der Waals surface area contributed by atoms with E-state index in [1.54, 1.807) is 0 Å². The first-order valence-electron chi connectivity index (χ1n) is 7.85. The lowest BCUT2D eigenvalue weighted by Crippen LogP contribution is -2.08. The van der Waals surface area contributed by atoms with E-state index in [2.05, 4.69) is 17.3 Å². The molecule has 1 aliphatic carbocycles. The van der Waals surface area contributed by atoms with E-state index in [-0.39, 0.29) is 6.10 Å². The monoisotopic (exact) mass is 313 g/mol. The van der Waals surface area contributed by atoms with Crippen molar-refractivity contribution in [2.24, 2.45) is 5.16 Å². The predicted octanol–water partition coefficient (Wildman–Crippen LogP) is 5.77. The summed E-state index contributed by atoms with van der Waals surface area (Å²) in [6.07, 6.45) is 5.67. The van der Waals surface area contributed by atoms with Gasteiger partial charge in [0.25, 0.3) is 0 Å². The summed E-state index contributed by atoms with van der Waals surface area (Å²) in [6, 6.07) is 18.0. The van der Waals surface area contributed by atoms with Gasteiger partial charge in [-0.05, 0) is 48.9 Å². The second kappa shape index (κ2) is 7.46. The van der Waals surface area contributed by atoms with Crippen molar-refractivity contribution < 1.29 is 4.84 Å².